The molecule has 2 N–H and O–H groups in total. The fourth-order valence-corrected chi connectivity index (χ4v) is 3.43. The summed E-state index contributed by atoms with van der Waals surface area (Å²) in [6, 6.07) is 10.6. The minimum absolute atomic E-state index is 0.144. The second kappa shape index (κ2) is 9.57. The average Bonchev–Trinajstić information content (AvgIpc) is 3.05. The van der Waals surface area contributed by atoms with Crippen LogP contribution in [-0.4, -0.2) is 34.7 Å². The smallest absolute Gasteiger partial charge is 0.339 e. The van der Waals surface area contributed by atoms with Crippen molar-refractivity contribution in [3.8, 4) is 11.6 Å². The number of Topliss-reactive ketones (excluding diaryl/α,β-unsaturated/α-hetero) is 1. The van der Waals surface area contributed by atoms with E-state index in [1.54, 1.807) is 25.1 Å². The molecule has 0 aliphatic rings. The maximum absolute atomic E-state index is 12.5. The first-order valence-electron chi connectivity index (χ1n) is 9.28. The Morgan fingerprint density at radius 2 is 1.97 bits per heavy atom. The zero-order chi connectivity index (χ0) is 22.5. The molecule has 1 aromatic carbocycles. The third-order valence-electron chi connectivity index (χ3n) is 4.45. The number of hydrogen-bond donors (Lipinski definition) is 2. The highest BCUT2D eigenvalue weighted by molar-refractivity contribution is 9.10. The van der Waals surface area contributed by atoms with Crippen LogP contribution in [0.4, 0.5) is 5.69 Å². The molecule has 0 unspecified atom stereocenters. The number of esters is 1. The molecule has 0 atom stereocenters. The Morgan fingerprint density at radius 1 is 1.19 bits per heavy atom. The van der Waals surface area contributed by atoms with Gasteiger partial charge in [-0.25, -0.2) is 9.78 Å². The third kappa shape index (κ3) is 5.37. The zero-order valence-corrected chi connectivity index (χ0v) is 18.7. The molecule has 0 fully saturated rings. The van der Waals surface area contributed by atoms with Gasteiger partial charge in [-0.15, -0.1) is 0 Å². The number of nitrogens with zero attached hydrogens (tertiary/aromatic N) is 1. The van der Waals surface area contributed by atoms with E-state index in [1.807, 2.05) is 18.2 Å². The van der Waals surface area contributed by atoms with Gasteiger partial charge in [0.05, 0.1) is 36.7 Å². The molecule has 31 heavy (non-hydrogen) atoms. The molecule has 1 amide bonds. The molecule has 0 bridgehead atoms. The number of ether oxygens (including phenoxy) is 2. The minimum atomic E-state index is -0.611. The number of amides is 1. The fraction of sp³-hybridized carbons (Fsp3) is 0.182. The SMILES string of the molecule is COC(=O)c1c(CC(=O)Nc2ccc(Oc3cccc(Br)c3)nc2)[nH]c(C(C)=O)c1C. The number of rotatable bonds is 7. The van der Waals surface area contributed by atoms with E-state index in [1.165, 1.54) is 20.2 Å². The molecule has 2 aromatic heterocycles. The van der Waals surface area contributed by atoms with Crippen LogP contribution >= 0.6 is 15.9 Å². The molecular formula is C22H20BrN3O5. The lowest BCUT2D eigenvalue weighted by molar-refractivity contribution is -0.115. The number of anilines is 1. The normalized spacial score (nSPS) is 10.5. The molecule has 0 radical (unpaired) electrons. The van der Waals surface area contributed by atoms with Gasteiger partial charge < -0.3 is 19.8 Å². The molecule has 9 heteroatoms. The second-order valence-electron chi connectivity index (χ2n) is 6.70. The van der Waals surface area contributed by atoms with Gasteiger partial charge in [-0.3, -0.25) is 9.59 Å². The zero-order valence-electron chi connectivity index (χ0n) is 17.1. The maximum atomic E-state index is 12.5. The first-order valence-corrected chi connectivity index (χ1v) is 10.1. The van der Waals surface area contributed by atoms with Crippen molar-refractivity contribution in [2.24, 2.45) is 0 Å². The van der Waals surface area contributed by atoms with Gasteiger partial charge in [0.15, 0.2) is 5.78 Å². The van der Waals surface area contributed by atoms with Gasteiger partial charge in [-0.2, -0.15) is 0 Å². The van der Waals surface area contributed by atoms with Crippen molar-refractivity contribution in [3.63, 3.8) is 0 Å². The summed E-state index contributed by atoms with van der Waals surface area (Å²) in [4.78, 5) is 43.5. The summed E-state index contributed by atoms with van der Waals surface area (Å²) in [5.41, 5.74) is 1.70. The van der Waals surface area contributed by atoms with E-state index in [2.05, 4.69) is 31.2 Å². The number of nitrogens with one attached hydrogen (secondary N) is 2. The van der Waals surface area contributed by atoms with Crippen LogP contribution in [0.5, 0.6) is 11.6 Å². The Balaban J connectivity index is 1.70. The first kappa shape index (κ1) is 22.2. The molecule has 0 saturated heterocycles. The van der Waals surface area contributed by atoms with Crippen LogP contribution in [-0.2, 0) is 16.0 Å². The van der Waals surface area contributed by atoms with Gasteiger partial charge in [0.1, 0.15) is 5.75 Å². The highest BCUT2D eigenvalue weighted by Gasteiger charge is 2.24. The third-order valence-corrected chi connectivity index (χ3v) is 4.94. The summed E-state index contributed by atoms with van der Waals surface area (Å²) in [6.07, 6.45) is 1.32. The number of carbonyl (C=O) groups excluding carboxylic acids is 3. The molecule has 2 heterocycles. The van der Waals surface area contributed by atoms with Crippen LogP contribution in [0.1, 0.15) is 39.0 Å². The van der Waals surface area contributed by atoms with Crippen molar-refractivity contribution in [1.29, 1.82) is 0 Å². The van der Waals surface area contributed by atoms with Crippen LogP contribution in [0.3, 0.4) is 0 Å². The lowest BCUT2D eigenvalue weighted by atomic mass is 10.1. The molecule has 3 aromatic rings. The van der Waals surface area contributed by atoms with Crippen LogP contribution in [0.2, 0.25) is 0 Å². The average molecular weight is 486 g/mol. The predicted octanol–water partition coefficient (Wildman–Crippen LogP) is 4.44. The Morgan fingerprint density at radius 3 is 2.58 bits per heavy atom. The Kier molecular flexibility index (Phi) is 6.86. The lowest BCUT2D eigenvalue weighted by Gasteiger charge is -2.08. The standard InChI is InChI=1S/C22H20BrN3O5/c1-12-20(22(29)30-3)17(26-21(12)13(2)27)10-18(28)25-15-7-8-19(24-11-15)31-16-6-4-5-14(23)9-16/h4-9,11,26H,10H2,1-3H3,(H,25,28). The van der Waals surface area contributed by atoms with Gasteiger partial charge >= 0.3 is 5.97 Å². The summed E-state index contributed by atoms with van der Waals surface area (Å²) >= 11 is 3.38. The number of hydrogen-bond acceptors (Lipinski definition) is 6. The van der Waals surface area contributed by atoms with E-state index in [-0.39, 0.29) is 29.4 Å². The van der Waals surface area contributed by atoms with Crippen LogP contribution in [0.25, 0.3) is 0 Å². The van der Waals surface area contributed by atoms with Crippen molar-refractivity contribution in [1.82, 2.24) is 9.97 Å². The summed E-state index contributed by atoms with van der Waals surface area (Å²) in [5.74, 6) is -0.240. The van der Waals surface area contributed by atoms with E-state index in [9.17, 15) is 14.4 Å². The van der Waals surface area contributed by atoms with Gasteiger partial charge in [-0.05, 0) is 36.8 Å². The van der Waals surface area contributed by atoms with Gasteiger partial charge in [-0.1, -0.05) is 22.0 Å². The highest BCUT2D eigenvalue weighted by Crippen LogP contribution is 2.24. The number of methoxy groups -OCH3 is 1. The van der Waals surface area contributed by atoms with Crippen LogP contribution in [0.15, 0.2) is 47.1 Å². The number of carbonyl (C=O) groups is 3. The first-order chi connectivity index (χ1) is 14.8. The lowest BCUT2D eigenvalue weighted by Crippen LogP contribution is -2.17. The molecule has 0 saturated carbocycles. The van der Waals surface area contributed by atoms with Gasteiger partial charge in [0, 0.05) is 23.2 Å². The van der Waals surface area contributed by atoms with Crippen LogP contribution in [0, 0.1) is 6.92 Å². The van der Waals surface area contributed by atoms with E-state index in [0.717, 1.165) is 4.47 Å². The van der Waals surface area contributed by atoms with E-state index >= 15 is 0 Å². The summed E-state index contributed by atoms with van der Waals surface area (Å²) < 4.78 is 11.3. The molecule has 3 rings (SSSR count). The molecular weight excluding hydrogens is 466 g/mol. The number of halogens is 1. The number of benzene rings is 1. The summed E-state index contributed by atoms with van der Waals surface area (Å²) in [6.45, 7) is 3.02. The molecule has 160 valence electrons. The van der Waals surface area contributed by atoms with Crippen molar-refractivity contribution >= 4 is 39.3 Å². The Hall–Kier alpha value is -3.46. The monoisotopic (exact) mass is 485 g/mol. The van der Waals surface area contributed by atoms with Crippen molar-refractivity contribution in [2.75, 3.05) is 12.4 Å². The minimum Gasteiger partial charge on any atom is -0.465 e. The van der Waals surface area contributed by atoms with E-state index in [0.29, 0.717) is 28.6 Å². The predicted molar refractivity (Wildman–Crippen MR) is 118 cm³/mol. The van der Waals surface area contributed by atoms with Crippen molar-refractivity contribution < 1.29 is 23.9 Å². The van der Waals surface area contributed by atoms with Gasteiger partial charge in [0.2, 0.25) is 11.8 Å². The number of aromatic amines is 1. The number of pyridine rings is 1. The highest BCUT2D eigenvalue weighted by atomic mass is 79.9. The topological polar surface area (TPSA) is 110 Å². The quantitative estimate of drug-likeness (QED) is 0.377. The van der Waals surface area contributed by atoms with Crippen molar-refractivity contribution in [2.45, 2.75) is 20.3 Å². The molecule has 8 nitrogen and oxygen atoms in total. The maximum Gasteiger partial charge on any atom is 0.339 e. The van der Waals surface area contributed by atoms with E-state index in [4.69, 9.17) is 9.47 Å². The number of ketones is 1. The fourth-order valence-electron chi connectivity index (χ4n) is 3.05. The van der Waals surface area contributed by atoms with E-state index < -0.39 is 5.97 Å². The molecule has 0 aliphatic heterocycles. The summed E-state index contributed by atoms with van der Waals surface area (Å²) in [5, 5.41) is 2.71. The Labute approximate surface area is 187 Å². The number of aromatic nitrogens is 2. The van der Waals surface area contributed by atoms with Crippen molar-refractivity contribution in [3.05, 3.63) is 69.6 Å². The van der Waals surface area contributed by atoms with Crippen LogP contribution < -0.4 is 10.1 Å². The second-order valence-corrected chi connectivity index (χ2v) is 7.61. The van der Waals surface area contributed by atoms with Gasteiger partial charge in [0.25, 0.3) is 0 Å². The molecule has 0 spiro atoms. The largest absolute Gasteiger partial charge is 0.465 e. The molecule has 0 aliphatic carbocycles. The number of H-pyrrole nitrogens is 1. The Bertz CT molecular complexity index is 1140. The summed E-state index contributed by atoms with van der Waals surface area (Å²) in [7, 11) is 1.25.